The van der Waals surface area contributed by atoms with Gasteiger partial charge in [-0.3, -0.25) is 4.79 Å². The highest BCUT2D eigenvalue weighted by molar-refractivity contribution is 6.35. The second-order valence-electron chi connectivity index (χ2n) is 9.62. The van der Waals surface area contributed by atoms with E-state index in [9.17, 15) is 9.90 Å². The summed E-state index contributed by atoms with van der Waals surface area (Å²) < 4.78 is 22.1. The van der Waals surface area contributed by atoms with Crippen molar-refractivity contribution in [2.24, 2.45) is 0 Å². The molecule has 1 aromatic heterocycles. The number of fused-ring (bicyclic) bond motifs is 2. The third kappa shape index (κ3) is 4.62. The molecule has 0 spiro atoms. The first-order valence-electron chi connectivity index (χ1n) is 12.9. The summed E-state index contributed by atoms with van der Waals surface area (Å²) in [6.07, 6.45) is 1.31. The summed E-state index contributed by atoms with van der Waals surface area (Å²) in [7, 11) is 0. The summed E-state index contributed by atoms with van der Waals surface area (Å²) >= 11 is 6.79. The Morgan fingerprint density at radius 2 is 1.74 bits per heavy atom. The van der Waals surface area contributed by atoms with Crippen LogP contribution in [0.2, 0.25) is 5.02 Å². The number of ether oxygens (including phenoxy) is 1. The minimum absolute atomic E-state index is 0.0172. The van der Waals surface area contributed by atoms with Crippen LogP contribution in [-0.2, 0) is 9.53 Å². The van der Waals surface area contributed by atoms with Gasteiger partial charge in [0, 0.05) is 50.2 Å². The molecule has 8 nitrogen and oxygen atoms in total. The van der Waals surface area contributed by atoms with Gasteiger partial charge in [-0.15, -0.1) is 0 Å². The Bertz CT molecular complexity index is 1600. The Kier molecular flexibility index (Phi) is 6.70. The highest BCUT2D eigenvalue weighted by Crippen LogP contribution is 2.42. The van der Waals surface area contributed by atoms with Gasteiger partial charge in [-0.2, -0.15) is 4.98 Å². The zero-order valence-corrected chi connectivity index (χ0v) is 22.0. The summed E-state index contributed by atoms with van der Waals surface area (Å²) in [6, 6.07) is 12.3. The molecule has 0 bridgehead atoms. The Labute approximate surface area is 229 Å². The maximum atomic E-state index is 16.6. The number of hydrogen-bond donors (Lipinski definition) is 1. The molecule has 0 aliphatic carbocycles. The first-order chi connectivity index (χ1) is 18.9. The van der Waals surface area contributed by atoms with Crippen LogP contribution in [0.3, 0.4) is 0 Å². The molecular formula is C29H27ClFN5O3. The Balaban J connectivity index is 1.53. The normalized spacial score (nSPS) is 16.2. The summed E-state index contributed by atoms with van der Waals surface area (Å²) in [4.78, 5) is 27.5. The zero-order valence-electron chi connectivity index (χ0n) is 21.2. The van der Waals surface area contributed by atoms with Crippen molar-refractivity contribution >= 4 is 50.9 Å². The number of piperazine rings is 1. The molecule has 200 valence electrons. The lowest BCUT2D eigenvalue weighted by Crippen LogP contribution is -2.48. The van der Waals surface area contributed by atoms with Crippen LogP contribution in [0.15, 0.2) is 55.1 Å². The lowest BCUT2D eigenvalue weighted by atomic mass is 9.96. The minimum Gasteiger partial charge on any atom is -0.508 e. The maximum Gasteiger partial charge on any atom is 0.246 e. The number of hydrogen-bond acceptors (Lipinski definition) is 7. The fourth-order valence-electron chi connectivity index (χ4n) is 5.33. The highest BCUT2D eigenvalue weighted by Gasteiger charge is 2.27. The van der Waals surface area contributed by atoms with E-state index in [1.54, 1.807) is 17.0 Å². The zero-order chi connectivity index (χ0) is 27.1. The third-order valence-corrected chi connectivity index (χ3v) is 7.62. The molecular weight excluding hydrogens is 521 g/mol. The van der Waals surface area contributed by atoms with Gasteiger partial charge >= 0.3 is 0 Å². The number of carbonyl (C=O) groups excluding carboxylic acids is 1. The number of aromatic hydroxyl groups is 1. The van der Waals surface area contributed by atoms with Crippen LogP contribution in [0, 0.1) is 5.82 Å². The number of rotatable bonds is 4. The summed E-state index contributed by atoms with van der Waals surface area (Å²) in [5, 5.41) is 12.6. The molecule has 3 heterocycles. The Morgan fingerprint density at radius 1 is 1.00 bits per heavy atom. The molecule has 39 heavy (non-hydrogen) atoms. The maximum absolute atomic E-state index is 16.6. The SMILES string of the molecule is C=CC(=O)N1CCN(c2nc(N3CCOCC3)nc3c(F)c(-c4cc(O)cc5ccccc45)c(Cl)cc23)CC1. The number of aromatic nitrogens is 2. The number of phenolic OH excluding ortho intramolecular Hbond substituents is 1. The van der Waals surface area contributed by atoms with Crippen molar-refractivity contribution in [1.29, 1.82) is 0 Å². The first-order valence-corrected chi connectivity index (χ1v) is 13.2. The van der Waals surface area contributed by atoms with E-state index in [0.717, 1.165) is 10.8 Å². The quantitative estimate of drug-likeness (QED) is 0.373. The van der Waals surface area contributed by atoms with E-state index in [2.05, 4.69) is 6.58 Å². The molecule has 0 unspecified atom stereocenters. The number of carbonyl (C=O) groups is 1. The van der Waals surface area contributed by atoms with Crippen molar-refractivity contribution in [2.45, 2.75) is 0 Å². The fourth-order valence-corrected chi connectivity index (χ4v) is 5.62. The molecule has 10 heteroatoms. The van der Waals surface area contributed by atoms with Crippen molar-refractivity contribution in [2.75, 3.05) is 62.3 Å². The molecule has 3 aromatic carbocycles. The number of morpholine rings is 1. The van der Waals surface area contributed by atoms with Crippen LogP contribution in [0.5, 0.6) is 5.75 Å². The van der Waals surface area contributed by atoms with Crippen LogP contribution in [0.4, 0.5) is 16.2 Å². The highest BCUT2D eigenvalue weighted by atomic mass is 35.5. The molecule has 4 aromatic rings. The third-order valence-electron chi connectivity index (χ3n) is 7.33. The second-order valence-corrected chi connectivity index (χ2v) is 10.0. The number of anilines is 2. The molecule has 0 saturated carbocycles. The van der Waals surface area contributed by atoms with E-state index < -0.39 is 5.82 Å². The van der Waals surface area contributed by atoms with Gasteiger partial charge in [0.15, 0.2) is 5.82 Å². The van der Waals surface area contributed by atoms with E-state index in [0.29, 0.717) is 75.2 Å². The van der Waals surface area contributed by atoms with Gasteiger partial charge in [-0.1, -0.05) is 42.4 Å². The molecule has 2 saturated heterocycles. The molecule has 6 rings (SSSR count). The second kappa shape index (κ2) is 10.3. The largest absolute Gasteiger partial charge is 0.508 e. The number of amides is 1. The number of nitrogens with zero attached hydrogens (tertiary/aromatic N) is 5. The average Bonchev–Trinajstić information content (AvgIpc) is 2.97. The number of phenols is 1. The molecule has 2 aliphatic rings. The molecule has 0 atom stereocenters. The summed E-state index contributed by atoms with van der Waals surface area (Å²) in [6.45, 7) is 7.85. The van der Waals surface area contributed by atoms with Crippen LogP contribution >= 0.6 is 11.6 Å². The van der Waals surface area contributed by atoms with E-state index in [1.807, 2.05) is 34.1 Å². The van der Waals surface area contributed by atoms with Gasteiger partial charge in [0.25, 0.3) is 0 Å². The van der Waals surface area contributed by atoms with E-state index >= 15 is 4.39 Å². The molecule has 1 N–H and O–H groups in total. The number of halogens is 2. The van der Waals surface area contributed by atoms with Crippen molar-refractivity contribution < 1.29 is 19.0 Å². The summed E-state index contributed by atoms with van der Waals surface area (Å²) in [5.74, 6) is 0.308. The molecule has 2 aliphatic heterocycles. The molecule has 2 fully saturated rings. The van der Waals surface area contributed by atoms with Gasteiger partial charge in [0.1, 0.15) is 17.1 Å². The van der Waals surface area contributed by atoms with E-state index in [4.69, 9.17) is 26.3 Å². The average molecular weight is 548 g/mol. The predicted octanol–water partition coefficient (Wildman–Crippen LogP) is 4.62. The van der Waals surface area contributed by atoms with Crippen LogP contribution in [0.25, 0.3) is 32.8 Å². The van der Waals surface area contributed by atoms with Gasteiger partial charge in [-0.25, -0.2) is 9.37 Å². The smallest absolute Gasteiger partial charge is 0.246 e. The Morgan fingerprint density at radius 3 is 2.49 bits per heavy atom. The van der Waals surface area contributed by atoms with Crippen molar-refractivity contribution in [1.82, 2.24) is 14.9 Å². The lowest BCUT2D eigenvalue weighted by molar-refractivity contribution is -0.126. The molecule has 1 amide bonds. The summed E-state index contributed by atoms with van der Waals surface area (Å²) in [5.41, 5.74) is 0.813. The van der Waals surface area contributed by atoms with Crippen LogP contribution in [-0.4, -0.2) is 78.4 Å². The standard InChI is InChI=1S/C29H27ClFN5O3/c1-2-24(38)34-7-9-35(10-8-34)28-22-17-23(30)25(21-16-19(37)15-18-5-3-4-6-20(18)21)26(31)27(22)32-29(33-28)36-11-13-39-14-12-36/h2-6,15-17,37H,1,7-14H2. The lowest BCUT2D eigenvalue weighted by Gasteiger charge is -2.36. The van der Waals surface area contributed by atoms with Gasteiger partial charge in [0.05, 0.1) is 18.2 Å². The Hall–Kier alpha value is -3.95. The molecule has 0 radical (unpaired) electrons. The van der Waals surface area contributed by atoms with Crippen LogP contribution in [0.1, 0.15) is 0 Å². The van der Waals surface area contributed by atoms with Crippen molar-refractivity contribution in [3.63, 3.8) is 0 Å². The fraction of sp³-hybridized carbons (Fsp3) is 0.276. The van der Waals surface area contributed by atoms with Crippen molar-refractivity contribution in [3.8, 4) is 16.9 Å². The van der Waals surface area contributed by atoms with E-state index in [1.165, 1.54) is 12.1 Å². The first kappa shape index (κ1) is 25.3. The topological polar surface area (TPSA) is 82.0 Å². The minimum atomic E-state index is -0.577. The monoisotopic (exact) mass is 547 g/mol. The van der Waals surface area contributed by atoms with Gasteiger partial charge in [0.2, 0.25) is 11.9 Å². The van der Waals surface area contributed by atoms with Crippen molar-refractivity contribution in [3.05, 3.63) is 66.0 Å². The van der Waals surface area contributed by atoms with Crippen LogP contribution < -0.4 is 9.80 Å². The predicted molar refractivity (Wildman–Crippen MR) is 151 cm³/mol. The number of benzene rings is 3. The van der Waals surface area contributed by atoms with Gasteiger partial charge in [-0.05, 0) is 40.6 Å². The van der Waals surface area contributed by atoms with E-state index in [-0.39, 0.29) is 27.8 Å². The van der Waals surface area contributed by atoms with Gasteiger partial charge < -0.3 is 24.5 Å².